The van der Waals surface area contributed by atoms with Crippen LogP contribution in [0.4, 0.5) is 0 Å². The maximum atomic E-state index is 12.9. The van der Waals surface area contributed by atoms with E-state index in [0.717, 1.165) is 89.9 Å². The van der Waals surface area contributed by atoms with Gasteiger partial charge in [0.25, 0.3) is 0 Å². The van der Waals surface area contributed by atoms with Crippen molar-refractivity contribution >= 4 is 17.9 Å². The van der Waals surface area contributed by atoms with Crippen LogP contribution in [0.3, 0.4) is 0 Å². The second-order valence-corrected chi connectivity index (χ2v) is 24.1. The average Bonchev–Trinajstić information content (AvgIpc) is 3.47. The molecule has 6 heteroatoms. The molecule has 81 heavy (non-hydrogen) atoms. The highest BCUT2D eigenvalue weighted by Crippen LogP contribution is 2.19. The number of rotatable bonds is 66. The minimum absolute atomic E-state index is 0.0698. The predicted molar refractivity (Wildman–Crippen MR) is 353 cm³/mol. The molecule has 0 radical (unpaired) electrons. The van der Waals surface area contributed by atoms with Crippen LogP contribution in [0.15, 0.2) is 60.8 Å². The third-order valence-corrected chi connectivity index (χ3v) is 16.0. The molecule has 0 fully saturated rings. The van der Waals surface area contributed by atoms with Gasteiger partial charge in [-0.15, -0.1) is 0 Å². The van der Waals surface area contributed by atoms with Gasteiger partial charge >= 0.3 is 17.9 Å². The predicted octanol–water partition coefficient (Wildman–Crippen LogP) is 24.7. The van der Waals surface area contributed by atoms with Crippen molar-refractivity contribution in [2.24, 2.45) is 0 Å². The van der Waals surface area contributed by atoms with Gasteiger partial charge in [-0.1, -0.05) is 358 Å². The molecule has 0 aliphatic heterocycles. The van der Waals surface area contributed by atoms with E-state index < -0.39 is 6.10 Å². The Morgan fingerprint density at radius 3 is 0.753 bits per heavy atom. The normalized spacial score (nSPS) is 12.4. The number of hydrogen-bond acceptors (Lipinski definition) is 6. The lowest BCUT2D eigenvalue weighted by molar-refractivity contribution is -0.167. The lowest BCUT2D eigenvalue weighted by Crippen LogP contribution is -2.30. The summed E-state index contributed by atoms with van der Waals surface area (Å²) in [7, 11) is 0. The average molecular weight is 1130 g/mol. The van der Waals surface area contributed by atoms with Crippen molar-refractivity contribution < 1.29 is 28.6 Å². The molecular weight excluding hydrogens is 997 g/mol. The summed E-state index contributed by atoms with van der Waals surface area (Å²) in [6.07, 6.45) is 90.2. The standard InChI is InChI=1S/C75H136O6/c1-4-7-10-13-16-18-20-22-24-26-28-30-32-34-36-38-40-41-43-45-47-49-51-53-55-57-59-62-65-68-74(77)80-71-72(70-79-73(76)67-64-61-15-12-9-6-3)81-75(78)69-66-63-60-58-56-54-52-50-48-46-44-42-39-37-35-33-31-29-27-25-23-21-19-17-14-11-8-5-2/h7,10,16,18,22,24,28,30,34,36,72H,4-6,8-9,11-15,17,19-21,23,25-27,29,31-33,35,37-71H2,1-3H3/b10-7-,18-16-,24-22-,30-28-,36-34-. The maximum Gasteiger partial charge on any atom is 0.306 e. The summed E-state index contributed by atoms with van der Waals surface area (Å²) in [6.45, 7) is 6.53. The van der Waals surface area contributed by atoms with Crippen LogP contribution in [0, 0.1) is 0 Å². The maximum absolute atomic E-state index is 12.9. The molecule has 0 N–H and O–H groups in total. The van der Waals surface area contributed by atoms with Crippen LogP contribution < -0.4 is 0 Å². The van der Waals surface area contributed by atoms with Crippen LogP contribution in [-0.2, 0) is 28.6 Å². The van der Waals surface area contributed by atoms with Crippen molar-refractivity contribution in [2.75, 3.05) is 13.2 Å². The van der Waals surface area contributed by atoms with Crippen molar-refractivity contribution in [3.05, 3.63) is 60.8 Å². The molecule has 0 heterocycles. The van der Waals surface area contributed by atoms with Crippen LogP contribution in [0.25, 0.3) is 0 Å². The number of hydrogen-bond donors (Lipinski definition) is 0. The molecule has 6 nitrogen and oxygen atoms in total. The third kappa shape index (κ3) is 67.8. The first kappa shape index (κ1) is 78.1. The molecule has 0 aromatic carbocycles. The number of carbonyl (C=O) groups is 3. The fraction of sp³-hybridized carbons (Fsp3) is 0.827. The van der Waals surface area contributed by atoms with Gasteiger partial charge in [-0.25, -0.2) is 0 Å². The molecule has 1 unspecified atom stereocenters. The van der Waals surface area contributed by atoms with Crippen LogP contribution in [0.5, 0.6) is 0 Å². The number of ether oxygens (including phenoxy) is 3. The quantitative estimate of drug-likeness (QED) is 0.0261. The zero-order valence-corrected chi connectivity index (χ0v) is 54.3. The Morgan fingerprint density at radius 1 is 0.259 bits per heavy atom. The Labute approximate surface area is 504 Å². The van der Waals surface area contributed by atoms with E-state index in [-0.39, 0.29) is 31.1 Å². The minimum Gasteiger partial charge on any atom is -0.462 e. The fourth-order valence-electron chi connectivity index (χ4n) is 10.7. The molecule has 0 saturated carbocycles. The summed E-state index contributed by atoms with van der Waals surface area (Å²) in [6, 6.07) is 0. The van der Waals surface area contributed by atoms with E-state index in [9.17, 15) is 14.4 Å². The second-order valence-electron chi connectivity index (χ2n) is 24.1. The number of unbranched alkanes of at least 4 members (excludes halogenated alkanes) is 45. The molecule has 0 aromatic rings. The highest BCUT2D eigenvalue weighted by Gasteiger charge is 2.19. The smallest absolute Gasteiger partial charge is 0.306 e. The molecule has 0 aromatic heterocycles. The Kier molecular flexibility index (Phi) is 67.1. The highest BCUT2D eigenvalue weighted by molar-refractivity contribution is 5.71. The largest absolute Gasteiger partial charge is 0.462 e. The van der Waals surface area contributed by atoms with Gasteiger partial charge in [0.2, 0.25) is 0 Å². The van der Waals surface area contributed by atoms with Gasteiger partial charge < -0.3 is 14.2 Å². The molecule has 0 amide bonds. The van der Waals surface area contributed by atoms with Crippen LogP contribution in [-0.4, -0.2) is 37.2 Å². The van der Waals surface area contributed by atoms with E-state index in [4.69, 9.17) is 14.2 Å². The van der Waals surface area contributed by atoms with Crippen LogP contribution in [0.2, 0.25) is 0 Å². The van der Waals surface area contributed by atoms with E-state index in [1.165, 1.54) is 250 Å². The highest BCUT2D eigenvalue weighted by atomic mass is 16.6. The SMILES string of the molecule is CC/C=C\C/C=C\C/C=C\C/C=C\C/C=C\CCCCCCCCCCCCCCCC(=O)OCC(COC(=O)CCCCCCCC)OC(=O)CCCCCCCCCCCCCCCCCCCCCCCCCCCCCC. The molecule has 0 aliphatic rings. The van der Waals surface area contributed by atoms with E-state index in [1.807, 2.05) is 0 Å². The van der Waals surface area contributed by atoms with Gasteiger partial charge in [0, 0.05) is 19.3 Å². The molecule has 0 rings (SSSR count). The summed E-state index contributed by atoms with van der Waals surface area (Å²) in [4.78, 5) is 38.1. The topological polar surface area (TPSA) is 78.9 Å². The van der Waals surface area contributed by atoms with Crippen molar-refractivity contribution in [1.82, 2.24) is 0 Å². The minimum atomic E-state index is -0.769. The monoisotopic (exact) mass is 1130 g/mol. The fourth-order valence-corrected chi connectivity index (χ4v) is 10.7. The van der Waals surface area contributed by atoms with Gasteiger partial charge in [-0.3, -0.25) is 14.4 Å². The summed E-state index contributed by atoms with van der Waals surface area (Å²) >= 11 is 0. The zero-order valence-electron chi connectivity index (χ0n) is 54.3. The van der Waals surface area contributed by atoms with E-state index >= 15 is 0 Å². The molecule has 0 saturated heterocycles. The summed E-state index contributed by atoms with van der Waals surface area (Å²) < 4.78 is 16.9. The van der Waals surface area contributed by atoms with Gasteiger partial charge in [0.15, 0.2) is 6.10 Å². The molecule has 0 spiro atoms. The summed E-state index contributed by atoms with van der Waals surface area (Å²) in [5.74, 6) is -0.857. The van der Waals surface area contributed by atoms with E-state index in [1.54, 1.807) is 0 Å². The summed E-state index contributed by atoms with van der Waals surface area (Å²) in [5, 5.41) is 0. The Balaban J connectivity index is 3.98. The van der Waals surface area contributed by atoms with Gasteiger partial charge in [0.1, 0.15) is 13.2 Å². The number of allylic oxidation sites excluding steroid dienone is 10. The Hall–Kier alpha value is -2.89. The Bertz CT molecular complexity index is 1440. The van der Waals surface area contributed by atoms with Crippen molar-refractivity contribution in [1.29, 1.82) is 0 Å². The van der Waals surface area contributed by atoms with Gasteiger partial charge in [0.05, 0.1) is 0 Å². The lowest BCUT2D eigenvalue weighted by Gasteiger charge is -2.18. The zero-order chi connectivity index (χ0) is 58.5. The lowest BCUT2D eigenvalue weighted by atomic mass is 10.0. The second kappa shape index (κ2) is 69.6. The number of carbonyl (C=O) groups excluding carboxylic acids is 3. The first-order valence-corrected chi connectivity index (χ1v) is 35.8. The van der Waals surface area contributed by atoms with Crippen molar-refractivity contribution in [2.45, 2.75) is 386 Å². The molecule has 0 bridgehead atoms. The van der Waals surface area contributed by atoms with Crippen LogP contribution >= 0.6 is 0 Å². The third-order valence-electron chi connectivity index (χ3n) is 16.0. The van der Waals surface area contributed by atoms with Gasteiger partial charge in [-0.2, -0.15) is 0 Å². The number of esters is 3. The molecule has 0 aliphatic carbocycles. The van der Waals surface area contributed by atoms with E-state index in [0.29, 0.717) is 19.3 Å². The van der Waals surface area contributed by atoms with Crippen molar-refractivity contribution in [3.8, 4) is 0 Å². The molecular formula is C75H136O6. The van der Waals surface area contributed by atoms with E-state index in [2.05, 4.69) is 81.5 Å². The van der Waals surface area contributed by atoms with Gasteiger partial charge in [-0.05, 0) is 64.2 Å². The Morgan fingerprint density at radius 2 is 0.481 bits per heavy atom. The first-order valence-electron chi connectivity index (χ1n) is 35.8. The van der Waals surface area contributed by atoms with Crippen molar-refractivity contribution in [3.63, 3.8) is 0 Å². The van der Waals surface area contributed by atoms with Crippen LogP contribution in [0.1, 0.15) is 380 Å². The molecule has 472 valence electrons. The summed E-state index contributed by atoms with van der Waals surface area (Å²) in [5.41, 5.74) is 0. The first-order chi connectivity index (χ1) is 40.0. The molecule has 1 atom stereocenters.